The molecule has 1 atom stereocenters. The molecule has 0 radical (unpaired) electrons. The first-order valence-electron chi connectivity index (χ1n) is 10.5. The van der Waals surface area contributed by atoms with Gasteiger partial charge < -0.3 is 19.1 Å². The minimum atomic E-state index is -0.0651. The van der Waals surface area contributed by atoms with E-state index in [0.29, 0.717) is 31.2 Å². The summed E-state index contributed by atoms with van der Waals surface area (Å²) in [6.07, 6.45) is 7.90. The van der Waals surface area contributed by atoms with Crippen LogP contribution in [0, 0.1) is 0 Å². The zero-order chi connectivity index (χ0) is 22.2. The number of ether oxygens (including phenoxy) is 3. The molecule has 1 aliphatic rings. The fourth-order valence-electron chi connectivity index (χ4n) is 3.48. The van der Waals surface area contributed by atoms with Crippen LogP contribution in [0.25, 0.3) is 6.08 Å². The number of pyridine rings is 1. The van der Waals surface area contributed by atoms with Crippen molar-refractivity contribution in [2.24, 2.45) is 0 Å². The molecule has 1 fully saturated rings. The van der Waals surface area contributed by atoms with E-state index in [9.17, 15) is 4.79 Å². The number of amides is 1. The fourth-order valence-corrected chi connectivity index (χ4v) is 4.10. The number of nitrogens with zero attached hydrogens (tertiary/aromatic N) is 2. The molecule has 166 valence electrons. The first-order valence-corrected chi connectivity index (χ1v) is 11.4. The van der Waals surface area contributed by atoms with Crippen molar-refractivity contribution in [1.82, 2.24) is 9.88 Å². The summed E-state index contributed by atoms with van der Waals surface area (Å²) in [5.41, 5.74) is 1.93. The quantitative estimate of drug-likeness (QED) is 0.447. The predicted octanol–water partition coefficient (Wildman–Crippen LogP) is 4.56. The summed E-state index contributed by atoms with van der Waals surface area (Å²) < 4.78 is 17.0. The van der Waals surface area contributed by atoms with Crippen LogP contribution >= 0.6 is 11.3 Å². The maximum Gasteiger partial charge on any atom is 0.247 e. The monoisotopic (exact) mass is 450 g/mol. The molecule has 1 aliphatic heterocycles. The van der Waals surface area contributed by atoms with E-state index < -0.39 is 0 Å². The van der Waals surface area contributed by atoms with Gasteiger partial charge in [0.2, 0.25) is 5.91 Å². The normalized spacial score (nSPS) is 15.7. The third-order valence-corrected chi connectivity index (χ3v) is 5.96. The summed E-state index contributed by atoms with van der Waals surface area (Å²) in [5, 5.41) is 1.99. The van der Waals surface area contributed by atoms with Crippen molar-refractivity contribution in [3.05, 3.63) is 82.3 Å². The van der Waals surface area contributed by atoms with E-state index in [4.69, 9.17) is 14.2 Å². The Morgan fingerprint density at radius 2 is 2.12 bits per heavy atom. The predicted molar refractivity (Wildman–Crippen MR) is 125 cm³/mol. The second-order valence-electron chi connectivity index (χ2n) is 7.49. The van der Waals surface area contributed by atoms with Crippen LogP contribution in [-0.4, -0.2) is 42.2 Å². The van der Waals surface area contributed by atoms with Gasteiger partial charge in [0.25, 0.3) is 0 Å². The summed E-state index contributed by atoms with van der Waals surface area (Å²) >= 11 is 1.60. The summed E-state index contributed by atoms with van der Waals surface area (Å²) in [5.74, 6) is 1.27. The van der Waals surface area contributed by atoms with Crippen molar-refractivity contribution >= 4 is 23.3 Å². The molecule has 0 unspecified atom stereocenters. The van der Waals surface area contributed by atoms with Crippen LogP contribution < -0.4 is 9.47 Å². The molecule has 1 saturated heterocycles. The van der Waals surface area contributed by atoms with Gasteiger partial charge in [0.15, 0.2) is 11.5 Å². The Labute approximate surface area is 192 Å². The second-order valence-corrected chi connectivity index (χ2v) is 8.47. The number of hydrogen-bond donors (Lipinski definition) is 0. The number of methoxy groups -OCH3 is 1. The Morgan fingerprint density at radius 3 is 2.84 bits per heavy atom. The lowest BCUT2D eigenvalue weighted by atomic mass is 10.1. The van der Waals surface area contributed by atoms with Crippen LogP contribution in [0.2, 0.25) is 0 Å². The zero-order valence-corrected chi connectivity index (χ0v) is 18.8. The van der Waals surface area contributed by atoms with Gasteiger partial charge in [-0.15, -0.1) is 11.3 Å². The fraction of sp³-hybridized carbons (Fsp3) is 0.280. The number of thiophene rings is 1. The SMILES string of the molecule is COc1cc(CN(Cc2cccnc2)C(=O)/C=C/c2cccs2)ccc1O[C@@H]1CCOC1. The van der Waals surface area contributed by atoms with Crippen molar-refractivity contribution in [1.29, 1.82) is 0 Å². The number of carbonyl (C=O) groups is 1. The third kappa shape index (κ3) is 5.96. The van der Waals surface area contributed by atoms with Gasteiger partial charge in [-0.3, -0.25) is 9.78 Å². The van der Waals surface area contributed by atoms with E-state index in [-0.39, 0.29) is 12.0 Å². The van der Waals surface area contributed by atoms with Gasteiger partial charge in [-0.1, -0.05) is 18.2 Å². The van der Waals surface area contributed by atoms with Crippen LogP contribution in [-0.2, 0) is 22.6 Å². The van der Waals surface area contributed by atoms with E-state index in [1.165, 1.54) is 0 Å². The number of rotatable bonds is 9. The molecular weight excluding hydrogens is 424 g/mol. The molecule has 3 heterocycles. The highest BCUT2D eigenvalue weighted by molar-refractivity contribution is 7.10. The smallest absolute Gasteiger partial charge is 0.247 e. The van der Waals surface area contributed by atoms with Gasteiger partial charge in [-0.2, -0.15) is 0 Å². The van der Waals surface area contributed by atoms with Crippen LogP contribution in [0.5, 0.6) is 11.5 Å². The number of benzene rings is 1. The number of aromatic nitrogens is 1. The van der Waals surface area contributed by atoms with Gasteiger partial charge in [0, 0.05) is 42.9 Å². The second kappa shape index (κ2) is 10.9. The van der Waals surface area contributed by atoms with E-state index in [1.54, 1.807) is 41.8 Å². The highest BCUT2D eigenvalue weighted by Gasteiger charge is 2.20. The maximum atomic E-state index is 13.1. The van der Waals surface area contributed by atoms with Crippen molar-refractivity contribution < 1.29 is 19.0 Å². The van der Waals surface area contributed by atoms with Crippen LogP contribution in [0.15, 0.2) is 66.3 Å². The van der Waals surface area contributed by atoms with Crippen molar-refractivity contribution in [2.45, 2.75) is 25.6 Å². The lowest BCUT2D eigenvalue weighted by molar-refractivity contribution is -0.127. The minimum Gasteiger partial charge on any atom is -0.493 e. The Balaban J connectivity index is 1.52. The highest BCUT2D eigenvalue weighted by atomic mass is 32.1. The minimum absolute atomic E-state index is 0.0424. The van der Waals surface area contributed by atoms with E-state index in [1.807, 2.05) is 53.9 Å². The molecule has 0 N–H and O–H groups in total. The Bertz CT molecular complexity index is 1030. The largest absolute Gasteiger partial charge is 0.493 e. The van der Waals surface area contributed by atoms with Gasteiger partial charge in [0.1, 0.15) is 6.10 Å². The molecule has 2 aromatic heterocycles. The van der Waals surface area contributed by atoms with Crippen molar-refractivity contribution in [2.75, 3.05) is 20.3 Å². The molecule has 0 spiro atoms. The van der Waals surface area contributed by atoms with E-state index >= 15 is 0 Å². The van der Waals surface area contributed by atoms with Gasteiger partial charge >= 0.3 is 0 Å². The zero-order valence-electron chi connectivity index (χ0n) is 18.0. The Morgan fingerprint density at radius 1 is 1.22 bits per heavy atom. The van der Waals surface area contributed by atoms with Gasteiger partial charge in [-0.05, 0) is 46.8 Å². The molecule has 1 amide bonds. The Kier molecular flexibility index (Phi) is 7.53. The molecule has 0 bridgehead atoms. The molecular formula is C25H26N2O4S. The third-order valence-electron chi connectivity index (χ3n) is 5.12. The topological polar surface area (TPSA) is 60.9 Å². The van der Waals surface area contributed by atoms with E-state index in [2.05, 4.69) is 4.98 Å². The lowest BCUT2D eigenvalue weighted by Gasteiger charge is -2.22. The van der Waals surface area contributed by atoms with E-state index in [0.717, 1.165) is 29.0 Å². The van der Waals surface area contributed by atoms with Crippen LogP contribution in [0.3, 0.4) is 0 Å². The maximum absolute atomic E-state index is 13.1. The summed E-state index contributed by atoms with van der Waals surface area (Å²) in [4.78, 5) is 20.1. The highest BCUT2D eigenvalue weighted by Crippen LogP contribution is 2.31. The van der Waals surface area contributed by atoms with Crippen LogP contribution in [0.1, 0.15) is 22.4 Å². The summed E-state index contributed by atoms with van der Waals surface area (Å²) in [7, 11) is 1.62. The van der Waals surface area contributed by atoms with Gasteiger partial charge in [-0.25, -0.2) is 0 Å². The average molecular weight is 451 g/mol. The lowest BCUT2D eigenvalue weighted by Crippen LogP contribution is -2.28. The summed E-state index contributed by atoms with van der Waals surface area (Å²) in [6, 6.07) is 13.6. The molecule has 0 saturated carbocycles. The first-order chi connectivity index (χ1) is 15.7. The molecule has 1 aromatic carbocycles. The van der Waals surface area contributed by atoms with Gasteiger partial charge in [0.05, 0.1) is 20.3 Å². The molecule has 32 heavy (non-hydrogen) atoms. The first kappa shape index (κ1) is 22.0. The molecule has 3 aromatic rings. The van der Waals surface area contributed by atoms with Crippen molar-refractivity contribution in [3.63, 3.8) is 0 Å². The average Bonchev–Trinajstić information content (AvgIpc) is 3.53. The molecule has 6 nitrogen and oxygen atoms in total. The molecule has 7 heteroatoms. The summed E-state index contributed by atoms with van der Waals surface area (Å²) in [6.45, 7) is 2.21. The number of carbonyl (C=O) groups excluding carboxylic acids is 1. The standard InChI is InChI=1S/C25H26N2O4S/c1-29-24-14-19(6-8-23(24)31-21-10-12-30-18-21)16-27(17-20-4-2-11-26-15-20)25(28)9-7-22-5-3-13-32-22/h2-9,11,13-15,21H,10,12,16-18H2,1H3/b9-7+/t21-/m1/s1. The Hall–Kier alpha value is -3.16. The molecule has 4 rings (SSSR count). The van der Waals surface area contributed by atoms with Crippen molar-refractivity contribution in [3.8, 4) is 11.5 Å². The molecule has 0 aliphatic carbocycles. The van der Waals surface area contributed by atoms with Crippen LogP contribution in [0.4, 0.5) is 0 Å². The number of hydrogen-bond acceptors (Lipinski definition) is 6.